The number of ether oxygens (including phenoxy) is 1. The van der Waals surface area contributed by atoms with Gasteiger partial charge in [0.2, 0.25) is 12.3 Å². The Morgan fingerprint density at radius 2 is 2.47 bits per heavy atom. The minimum absolute atomic E-state index is 0.195. The van der Waals surface area contributed by atoms with Gasteiger partial charge in [0.05, 0.1) is 13.2 Å². The number of likely N-dealkylation sites (tertiary alicyclic amines) is 1. The third-order valence-electron chi connectivity index (χ3n) is 2.78. The molecule has 1 aliphatic rings. The van der Waals surface area contributed by atoms with Gasteiger partial charge in [-0.1, -0.05) is 6.07 Å². The summed E-state index contributed by atoms with van der Waals surface area (Å²) in [5, 5.41) is 0. The number of carbonyl (C=O) groups is 1. The number of nitrogens with zero attached hydrogens (tertiary/aromatic N) is 2. The van der Waals surface area contributed by atoms with Crippen molar-refractivity contribution in [1.82, 2.24) is 9.88 Å². The Bertz CT molecular complexity index is 337. The first-order valence-corrected chi connectivity index (χ1v) is 5.06. The summed E-state index contributed by atoms with van der Waals surface area (Å²) in [7, 11) is 1.59. The number of carbonyl (C=O) groups excluding carboxylic acids is 1. The fourth-order valence-electron chi connectivity index (χ4n) is 1.98. The average Bonchev–Trinajstić information content (AvgIpc) is 2.77. The minimum atomic E-state index is 0.195. The van der Waals surface area contributed by atoms with Crippen LogP contribution in [0.1, 0.15) is 24.4 Å². The van der Waals surface area contributed by atoms with Crippen molar-refractivity contribution in [2.45, 2.75) is 18.9 Å². The van der Waals surface area contributed by atoms with E-state index in [0.717, 1.165) is 31.4 Å². The molecule has 2 rings (SSSR count). The van der Waals surface area contributed by atoms with E-state index in [-0.39, 0.29) is 6.04 Å². The topological polar surface area (TPSA) is 42.4 Å². The van der Waals surface area contributed by atoms with Gasteiger partial charge in [0.15, 0.2) is 0 Å². The molecule has 1 aromatic heterocycles. The lowest BCUT2D eigenvalue weighted by Gasteiger charge is -2.19. The lowest BCUT2D eigenvalue weighted by atomic mass is 10.1. The monoisotopic (exact) mass is 206 g/mol. The van der Waals surface area contributed by atoms with E-state index in [4.69, 9.17) is 4.74 Å². The molecule has 0 bridgehead atoms. The molecule has 0 spiro atoms. The van der Waals surface area contributed by atoms with Crippen molar-refractivity contribution in [1.29, 1.82) is 0 Å². The molecule has 1 aliphatic heterocycles. The van der Waals surface area contributed by atoms with Gasteiger partial charge >= 0.3 is 0 Å². The molecule has 0 radical (unpaired) electrons. The zero-order valence-electron chi connectivity index (χ0n) is 8.72. The van der Waals surface area contributed by atoms with E-state index >= 15 is 0 Å². The summed E-state index contributed by atoms with van der Waals surface area (Å²) in [6, 6.07) is 4.00. The van der Waals surface area contributed by atoms with Gasteiger partial charge in [0.1, 0.15) is 0 Å². The molecule has 1 atom stereocenters. The van der Waals surface area contributed by atoms with Crippen molar-refractivity contribution in [3.8, 4) is 5.88 Å². The van der Waals surface area contributed by atoms with Gasteiger partial charge in [0, 0.05) is 18.8 Å². The van der Waals surface area contributed by atoms with Crippen LogP contribution >= 0.6 is 0 Å². The Kier molecular flexibility index (Phi) is 2.85. The molecule has 4 nitrogen and oxygen atoms in total. The van der Waals surface area contributed by atoms with E-state index in [2.05, 4.69) is 4.98 Å². The molecule has 1 amide bonds. The molecule has 1 saturated heterocycles. The summed E-state index contributed by atoms with van der Waals surface area (Å²) < 4.78 is 4.99. The third-order valence-corrected chi connectivity index (χ3v) is 2.78. The van der Waals surface area contributed by atoms with Crippen LogP contribution in [-0.4, -0.2) is 29.9 Å². The fourth-order valence-corrected chi connectivity index (χ4v) is 1.98. The van der Waals surface area contributed by atoms with Crippen molar-refractivity contribution >= 4 is 6.41 Å². The van der Waals surface area contributed by atoms with Crippen molar-refractivity contribution in [2.75, 3.05) is 13.7 Å². The molecule has 2 heterocycles. The zero-order chi connectivity index (χ0) is 10.7. The highest BCUT2D eigenvalue weighted by Gasteiger charge is 2.24. The van der Waals surface area contributed by atoms with Gasteiger partial charge < -0.3 is 9.64 Å². The highest BCUT2D eigenvalue weighted by atomic mass is 16.5. The molecule has 0 saturated carbocycles. The van der Waals surface area contributed by atoms with E-state index in [0.29, 0.717) is 5.88 Å². The SMILES string of the molecule is COc1ccc([C@H]2CCCN2C=O)cn1. The summed E-state index contributed by atoms with van der Waals surface area (Å²) in [6.45, 7) is 0.847. The number of hydrogen-bond acceptors (Lipinski definition) is 3. The van der Waals surface area contributed by atoms with Crippen LogP contribution in [0.15, 0.2) is 18.3 Å². The Morgan fingerprint density at radius 3 is 3.07 bits per heavy atom. The summed E-state index contributed by atoms with van der Waals surface area (Å²) in [6.07, 6.45) is 4.79. The summed E-state index contributed by atoms with van der Waals surface area (Å²) in [4.78, 5) is 16.8. The molecule has 4 heteroatoms. The molecule has 0 aromatic carbocycles. The van der Waals surface area contributed by atoms with Crippen molar-refractivity contribution in [2.24, 2.45) is 0 Å². The highest BCUT2D eigenvalue weighted by molar-refractivity contribution is 5.49. The van der Waals surface area contributed by atoms with E-state index in [1.807, 2.05) is 17.0 Å². The van der Waals surface area contributed by atoms with Crippen molar-refractivity contribution < 1.29 is 9.53 Å². The largest absolute Gasteiger partial charge is 0.481 e. The maximum Gasteiger partial charge on any atom is 0.212 e. The average molecular weight is 206 g/mol. The Balaban J connectivity index is 2.17. The Hall–Kier alpha value is -1.58. The van der Waals surface area contributed by atoms with Crippen LogP contribution in [0.5, 0.6) is 5.88 Å². The van der Waals surface area contributed by atoms with Crippen LogP contribution in [0.2, 0.25) is 0 Å². The molecule has 80 valence electrons. The molecule has 0 N–H and O–H groups in total. The summed E-state index contributed by atoms with van der Waals surface area (Å²) in [5.41, 5.74) is 1.08. The Labute approximate surface area is 88.9 Å². The van der Waals surface area contributed by atoms with Gasteiger partial charge in [-0.25, -0.2) is 4.98 Å². The quantitative estimate of drug-likeness (QED) is 0.702. The van der Waals surface area contributed by atoms with Crippen LogP contribution in [0, 0.1) is 0 Å². The van der Waals surface area contributed by atoms with E-state index in [1.165, 1.54) is 0 Å². The van der Waals surface area contributed by atoms with Crippen LogP contribution in [0.4, 0.5) is 0 Å². The Morgan fingerprint density at radius 1 is 1.60 bits per heavy atom. The van der Waals surface area contributed by atoms with E-state index in [9.17, 15) is 4.79 Å². The first kappa shape index (κ1) is 9.96. The fraction of sp³-hybridized carbons (Fsp3) is 0.455. The molecule has 1 fully saturated rings. The summed E-state index contributed by atoms with van der Waals surface area (Å²) >= 11 is 0. The number of pyridine rings is 1. The third kappa shape index (κ3) is 1.93. The predicted molar refractivity (Wildman–Crippen MR) is 55.5 cm³/mol. The van der Waals surface area contributed by atoms with Gasteiger partial charge in [-0.3, -0.25) is 4.79 Å². The number of aromatic nitrogens is 1. The standard InChI is InChI=1S/C11H14N2O2/c1-15-11-5-4-9(7-12-11)10-3-2-6-13(10)8-14/h4-5,7-8,10H,2-3,6H2,1H3/t10-/m1/s1. The van der Waals surface area contributed by atoms with Gasteiger partial charge in [0.25, 0.3) is 0 Å². The van der Waals surface area contributed by atoms with Gasteiger partial charge in [-0.2, -0.15) is 0 Å². The van der Waals surface area contributed by atoms with E-state index < -0.39 is 0 Å². The highest BCUT2D eigenvalue weighted by Crippen LogP contribution is 2.30. The number of rotatable bonds is 3. The number of hydrogen-bond donors (Lipinski definition) is 0. The molecule has 15 heavy (non-hydrogen) atoms. The maximum atomic E-state index is 10.8. The lowest BCUT2D eigenvalue weighted by molar-refractivity contribution is -0.118. The van der Waals surface area contributed by atoms with Crippen LogP contribution in [0.25, 0.3) is 0 Å². The zero-order valence-corrected chi connectivity index (χ0v) is 8.72. The second-order valence-corrected chi connectivity index (χ2v) is 3.64. The van der Waals surface area contributed by atoms with Crippen molar-refractivity contribution in [3.63, 3.8) is 0 Å². The smallest absolute Gasteiger partial charge is 0.212 e. The molecule has 0 aliphatic carbocycles. The minimum Gasteiger partial charge on any atom is -0.481 e. The normalized spacial score (nSPS) is 20.3. The first-order valence-electron chi connectivity index (χ1n) is 5.06. The second-order valence-electron chi connectivity index (χ2n) is 3.64. The van der Waals surface area contributed by atoms with E-state index in [1.54, 1.807) is 13.3 Å². The van der Waals surface area contributed by atoms with Crippen LogP contribution < -0.4 is 4.74 Å². The summed E-state index contributed by atoms with van der Waals surface area (Å²) in [5.74, 6) is 0.606. The van der Waals surface area contributed by atoms with Crippen molar-refractivity contribution in [3.05, 3.63) is 23.9 Å². The molecule has 1 aromatic rings. The van der Waals surface area contributed by atoms with Crippen LogP contribution in [-0.2, 0) is 4.79 Å². The lowest BCUT2D eigenvalue weighted by Crippen LogP contribution is -2.21. The predicted octanol–water partition coefficient (Wildman–Crippen LogP) is 1.38. The maximum absolute atomic E-state index is 10.8. The molecule has 0 unspecified atom stereocenters. The number of amides is 1. The molecular weight excluding hydrogens is 192 g/mol. The van der Waals surface area contributed by atoms with Crippen LogP contribution in [0.3, 0.4) is 0 Å². The number of methoxy groups -OCH3 is 1. The van der Waals surface area contributed by atoms with Gasteiger partial charge in [-0.05, 0) is 18.4 Å². The molecular formula is C11H14N2O2. The first-order chi connectivity index (χ1) is 7.35. The second kappa shape index (κ2) is 4.29. The van der Waals surface area contributed by atoms with Gasteiger partial charge in [-0.15, -0.1) is 0 Å².